The molecular weight excluding hydrogens is 286 g/mol. The Balaban J connectivity index is 1.92. The number of phenols is 1. The summed E-state index contributed by atoms with van der Waals surface area (Å²) in [6.07, 6.45) is 1.65. The van der Waals surface area contributed by atoms with Crippen molar-refractivity contribution in [2.75, 3.05) is 4.90 Å². The Labute approximate surface area is 125 Å². The molecule has 21 heavy (non-hydrogen) atoms. The highest BCUT2D eigenvalue weighted by molar-refractivity contribution is 8.19. The maximum absolute atomic E-state index is 12.4. The van der Waals surface area contributed by atoms with Crippen LogP contribution in [0.4, 0.5) is 10.5 Å². The second-order valence-electron chi connectivity index (χ2n) is 4.44. The number of thioether (sulfide) groups is 1. The SMILES string of the molecule is O=C1S/C(=C/c2ccc(O)cc2)C(=O)N1c1ccccc1. The predicted octanol–water partition coefficient (Wildman–Crippen LogP) is 3.63. The minimum absolute atomic E-state index is 0.157. The lowest BCUT2D eigenvalue weighted by Gasteiger charge is -2.11. The molecule has 104 valence electrons. The normalized spacial score (nSPS) is 16.8. The molecule has 5 heteroatoms. The molecule has 0 bridgehead atoms. The summed E-state index contributed by atoms with van der Waals surface area (Å²) in [6.45, 7) is 0. The van der Waals surface area contributed by atoms with Gasteiger partial charge in [-0.25, -0.2) is 4.90 Å². The van der Waals surface area contributed by atoms with Gasteiger partial charge in [0.05, 0.1) is 10.6 Å². The van der Waals surface area contributed by atoms with Crippen LogP contribution in [0.5, 0.6) is 5.75 Å². The first-order chi connectivity index (χ1) is 10.1. The Morgan fingerprint density at radius 2 is 1.62 bits per heavy atom. The van der Waals surface area contributed by atoms with Crippen molar-refractivity contribution in [3.63, 3.8) is 0 Å². The lowest BCUT2D eigenvalue weighted by atomic mass is 10.2. The van der Waals surface area contributed by atoms with Crippen molar-refractivity contribution in [2.45, 2.75) is 0 Å². The van der Waals surface area contributed by atoms with E-state index in [1.165, 1.54) is 12.1 Å². The Bertz CT molecular complexity index is 723. The van der Waals surface area contributed by atoms with E-state index < -0.39 is 0 Å². The summed E-state index contributed by atoms with van der Waals surface area (Å²) in [5.74, 6) is -0.172. The largest absolute Gasteiger partial charge is 0.508 e. The van der Waals surface area contributed by atoms with Gasteiger partial charge in [0.2, 0.25) is 0 Å². The molecule has 2 aromatic carbocycles. The highest BCUT2D eigenvalue weighted by Crippen LogP contribution is 2.35. The summed E-state index contributed by atoms with van der Waals surface area (Å²) in [4.78, 5) is 25.9. The zero-order valence-electron chi connectivity index (χ0n) is 10.9. The topological polar surface area (TPSA) is 57.6 Å². The summed E-state index contributed by atoms with van der Waals surface area (Å²) < 4.78 is 0. The molecule has 0 saturated carbocycles. The van der Waals surface area contributed by atoms with E-state index in [0.29, 0.717) is 10.6 Å². The van der Waals surface area contributed by atoms with E-state index in [-0.39, 0.29) is 16.9 Å². The van der Waals surface area contributed by atoms with Crippen molar-refractivity contribution in [3.05, 3.63) is 65.1 Å². The molecule has 1 heterocycles. The smallest absolute Gasteiger partial charge is 0.298 e. The van der Waals surface area contributed by atoms with E-state index >= 15 is 0 Å². The van der Waals surface area contributed by atoms with Crippen LogP contribution in [0.3, 0.4) is 0 Å². The maximum Gasteiger partial charge on any atom is 0.298 e. The van der Waals surface area contributed by atoms with Crippen LogP contribution >= 0.6 is 11.8 Å². The van der Waals surface area contributed by atoms with Gasteiger partial charge in [-0.15, -0.1) is 0 Å². The summed E-state index contributed by atoms with van der Waals surface area (Å²) in [5.41, 5.74) is 1.32. The summed E-state index contributed by atoms with van der Waals surface area (Å²) in [7, 11) is 0. The molecule has 4 nitrogen and oxygen atoms in total. The van der Waals surface area contributed by atoms with Crippen molar-refractivity contribution in [1.82, 2.24) is 0 Å². The van der Waals surface area contributed by atoms with Crippen LogP contribution in [-0.4, -0.2) is 16.3 Å². The number of carbonyl (C=O) groups excluding carboxylic acids is 2. The second kappa shape index (κ2) is 5.46. The first kappa shape index (κ1) is 13.5. The first-order valence-electron chi connectivity index (χ1n) is 6.27. The minimum Gasteiger partial charge on any atom is -0.508 e. The molecular formula is C16H11NO3S. The number of imide groups is 1. The fraction of sp³-hybridized carbons (Fsp3) is 0. The Morgan fingerprint density at radius 3 is 2.29 bits per heavy atom. The number of phenolic OH excluding ortho intramolecular Hbond substituents is 1. The van der Waals surface area contributed by atoms with Crippen LogP contribution in [0.15, 0.2) is 59.5 Å². The van der Waals surface area contributed by atoms with E-state index in [4.69, 9.17) is 0 Å². The van der Waals surface area contributed by atoms with E-state index in [1.807, 2.05) is 6.07 Å². The van der Waals surface area contributed by atoms with Crippen LogP contribution in [0.2, 0.25) is 0 Å². The second-order valence-corrected chi connectivity index (χ2v) is 5.44. The monoisotopic (exact) mass is 297 g/mol. The number of hydrogen-bond acceptors (Lipinski definition) is 4. The van der Waals surface area contributed by atoms with Gasteiger partial charge in [-0.1, -0.05) is 30.3 Å². The molecule has 1 aliphatic heterocycles. The van der Waals surface area contributed by atoms with Crippen LogP contribution in [0, 0.1) is 0 Å². The van der Waals surface area contributed by atoms with Crippen molar-refractivity contribution in [3.8, 4) is 5.75 Å². The molecule has 2 amide bonds. The zero-order valence-corrected chi connectivity index (χ0v) is 11.7. The van der Waals surface area contributed by atoms with E-state index in [2.05, 4.69) is 0 Å². The average Bonchev–Trinajstić information content (AvgIpc) is 2.77. The van der Waals surface area contributed by atoms with Gasteiger partial charge in [0.15, 0.2) is 0 Å². The Kier molecular flexibility index (Phi) is 3.50. The third-order valence-corrected chi connectivity index (χ3v) is 3.87. The van der Waals surface area contributed by atoms with Crippen molar-refractivity contribution in [1.29, 1.82) is 0 Å². The third kappa shape index (κ3) is 2.68. The summed E-state index contributed by atoms with van der Waals surface area (Å²) in [6, 6.07) is 15.3. The van der Waals surface area contributed by atoms with Crippen LogP contribution in [-0.2, 0) is 4.79 Å². The van der Waals surface area contributed by atoms with Gasteiger partial charge in [-0.05, 0) is 47.7 Å². The van der Waals surface area contributed by atoms with E-state index in [9.17, 15) is 14.7 Å². The highest BCUT2D eigenvalue weighted by atomic mass is 32.2. The predicted molar refractivity (Wildman–Crippen MR) is 83.0 cm³/mol. The van der Waals surface area contributed by atoms with Gasteiger partial charge >= 0.3 is 0 Å². The molecule has 0 unspecified atom stereocenters. The molecule has 0 spiro atoms. The number of amides is 2. The third-order valence-electron chi connectivity index (χ3n) is 3.00. The van der Waals surface area contributed by atoms with Crippen molar-refractivity contribution in [2.24, 2.45) is 0 Å². The Hall–Kier alpha value is -2.53. The fourth-order valence-electron chi connectivity index (χ4n) is 1.99. The van der Waals surface area contributed by atoms with Crippen LogP contribution in [0.25, 0.3) is 6.08 Å². The molecule has 1 N–H and O–H groups in total. The number of hydrogen-bond donors (Lipinski definition) is 1. The quantitative estimate of drug-likeness (QED) is 0.860. The van der Waals surface area contributed by atoms with Gasteiger partial charge in [0, 0.05) is 0 Å². The van der Waals surface area contributed by atoms with Crippen LogP contribution in [0.1, 0.15) is 5.56 Å². The van der Waals surface area contributed by atoms with Gasteiger partial charge in [0.1, 0.15) is 5.75 Å². The van der Waals surface area contributed by atoms with Gasteiger partial charge in [-0.3, -0.25) is 9.59 Å². The number of carbonyl (C=O) groups is 2. The molecule has 1 saturated heterocycles. The van der Waals surface area contributed by atoms with E-state index in [0.717, 1.165) is 22.2 Å². The molecule has 0 aliphatic carbocycles. The highest BCUT2D eigenvalue weighted by Gasteiger charge is 2.36. The molecule has 1 fully saturated rings. The number of rotatable bonds is 2. The molecule has 0 aromatic heterocycles. The Morgan fingerprint density at radius 1 is 0.952 bits per heavy atom. The first-order valence-corrected chi connectivity index (χ1v) is 7.09. The number of nitrogens with zero attached hydrogens (tertiary/aromatic N) is 1. The number of benzene rings is 2. The number of aromatic hydroxyl groups is 1. The average molecular weight is 297 g/mol. The maximum atomic E-state index is 12.4. The number of anilines is 1. The zero-order chi connectivity index (χ0) is 14.8. The summed E-state index contributed by atoms with van der Waals surface area (Å²) in [5, 5.41) is 8.94. The van der Waals surface area contributed by atoms with Crippen molar-refractivity contribution < 1.29 is 14.7 Å². The lowest BCUT2D eigenvalue weighted by Crippen LogP contribution is -2.27. The molecule has 3 rings (SSSR count). The van der Waals surface area contributed by atoms with Gasteiger partial charge in [-0.2, -0.15) is 0 Å². The molecule has 0 atom stereocenters. The van der Waals surface area contributed by atoms with Crippen molar-refractivity contribution >= 4 is 34.7 Å². The van der Waals surface area contributed by atoms with Crippen LogP contribution < -0.4 is 4.90 Å². The lowest BCUT2D eigenvalue weighted by molar-refractivity contribution is -0.113. The van der Waals surface area contributed by atoms with Gasteiger partial charge < -0.3 is 5.11 Å². The molecule has 1 aliphatic rings. The summed E-state index contributed by atoms with van der Waals surface area (Å²) >= 11 is 0.912. The van der Waals surface area contributed by atoms with Gasteiger partial charge in [0.25, 0.3) is 11.1 Å². The minimum atomic E-state index is -0.329. The fourth-order valence-corrected chi connectivity index (χ4v) is 2.83. The molecule has 0 radical (unpaired) electrons. The molecule has 2 aromatic rings. The standard InChI is InChI=1S/C16H11NO3S/c18-13-8-6-11(7-9-13)10-14-15(19)17(16(20)21-14)12-4-2-1-3-5-12/h1-10,18H/b14-10+. The van der Waals surface area contributed by atoms with E-state index in [1.54, 1.807) is 42.5 Å². The number of para-hydroxylation sites is 1.